The first-order chi connectivity index (χ1) is 13.6. The van der Waals surface area contributed by atoms with E-state index in [0.29, 0.717) is 23.7 Å². The van der Waals surface area contributed by atoms with Gasteiger partial charge in [-0.25, -0.2) is 19.0 Å². The van der Waals surface area contributed by atoms with Crippen LogP contribution in [0.3, 0.4) is 0 Å². The molecule has 0 saturated carbocycles. The first-order valence-corrected chi connectivity index (χ1v) is 8.64. The van der Waals surface area contributed by atoms with Crippen molar-refractivity contribution in [3.63, 3.8) is 0 Å². The number of rotatable bonds is 7. The summed E-state index contributed by atoms with van der Waals surface area (Å²) in [7, 11) is 0. The van der Waals surface area contributed by atoms with Gasteiger partial charge in [0.15, 0.2) is 0 Å². The highest BCUT2D eigenvalue weighted by Crippen LogP contribution is 2.15. The quantitative estimate of drug-likeness (QED) is 0.666. The standard InChI is InChI=1S/C19H18FN5O3/c1-2-28-17-11-16(22-12-23-17)19(27)21-9-10-25-18(26)8-7-15(24-25)13-3-5-14(20)6-4-13/h3-8,11-12H,2,9-10H2,1H3,(H,21,27). The number of halogens is 1. The smallest absolute Gasteiger partial charge is 0.270 e. The van der Waals surface area contributed by atoms with Crippen molar-refractivity contribution in [2.45, 2.75) is 13.5 Å². The summed E-state index contributed by atoms with van der Waals surface area (Å²) in [6.45, 7) is 2.58. The van der Waals surface area contributed by atoms with Crippen molar-refractivity contribution in [3.8, 4) is 17.1 Å². The molecule has 0 unspecified atom stereocenters. The van der Waals surface area contributed by atoms with Crippen LogP contribution in [0.15, 0.2) is 53.6 Å². The Morgan fingerprint density at radius 3 is 2.71 bits per heavy atom. The van der Waals surface area contributed by atoms with Crippen LogP contribution in [0, 0.1) is 5.82 Å². The van der Waals surface area contributed by atoms with Crippen molar-refractivity contribution < 1.29 is 13.9 Å². The van der Waals surface area contributed by atoms with Crippen LogP contribution in [0.4, 0.5) is 4.39 Å². The lowest BCUT2D eigenvalue weighted by Gasteiger charge is -2.09. The van der Waals surface area contributed by atoms with Gasteiger partial charge in [0.25, 0.3) is 11.5 Å². The van der Waals surface area contributed by atoms with Crippen molar-refractivity contribution in [2.24, 2.45) is 0 Å². The molecule has 28 heavy (non-hydrogen) atoms. The Kier molecular flexibility index (Phi) is 6.05. The fourth-order valence-corrected chi connectivity index (χ4v) is 2.44. The average Bonchev–Trinajstić information content (AvgIpc) is 2.70. The summed E-state index contributed by atoms with van der Waals surface area (Å²) >= 11 is 0. The van der Waals surface area contributed by atoms with Gasteiger partial charge < -0.3 is 10.1 Å². The molecule has 0 aliphatic rings. The van der Waals surface area contributed by atoms with E-state index in [9.17, 15) is 14.0 Å². The van der Waals surface area contributed by atoms with Crippen LogP contribution in [0.2, 0.25) is 0 Å². The normalized spacial score (nSPS) is 10.5. The Bertz CT molecular complexity index is 1020. The molecule has 0 radical (unpaired) electrons. The number of amides is 1. The maximum absolute atomic E-state index is 13.1. The number of benzene rings is 1. The van der Waals surface area contributed by atoms with Gasteiger partial charge in [-0.3, -0.25) is 9.59 Å². The van der Waals surface area contributed by atoms with Crippen LogP contribution in [0.25, 0.3) is 11.3 Å². The van der Waals surface area contributed by atoms with E-state index in [2.05, 4.69) is 20.4 Å². The predicted molar refractivity (Wildman–Crippen MR) is 99.4 cm³/mol. The molecule has 0 atom stereocenters. The molecule has 3 rings (SSSR count). The zero-order valence-electron chi connectivity index (χ0n) is 15.1. The molecule has 0 bridgehead atoms. The molecule has 0 aliphatic heterocycles. The Morgan fingerprint density at radius 1 is 1.18 bits per heavy atom. The summed E-state index contributed by atoms with van der Waals surface area (Å²) in [6.07, 6.45) is 1.25. The van der Waals surface area contributed by atoms with Gasteiger partial charge in [0.1, 0.15) is 17.8 Å². The molecule has 144 valence electrons. The van der Waals surface area contributed by atoms with Crippen LogP contribution in [0.1, 0.15) is 17.4 Å². The largest absolute Gasteiger partial charge is 0.478 e. The van der Waals surface area contributed by atoms with Crippen LogP contribution in [-0.2, 0) is 6.54 Å². The molecule has 0 aliphatic carbocycles. The molecule has 3 aromatic rings. The minimum atomic E-state index is -0.411. The Labute approximate surface area is 160 Å². The second-order valence-electron chi connectivity index (χ2n) is 5.72. The molecule has 1 aromatic carbocycles. The van der Waals surface area contributed by atoms with E-state index in [1.807, 2.05) is 6.92 Å². The van der Waals surface area contributed by atoms with Crippen molar-refractivity contribution in [1.82, 2.24) is 25.1 Å². The van der Waals surface area contributed by atoms with E-state index in [1.165, 1.54) is 35.3 Å². The van der Waals surface area contributed by atoms with E-state index in [-0.39, 0.29) is 30.2 Å². The molecule has 0 fully saturated rings. The van der Waals surface area contributed by atoms with Crippen LogP contribution in [-0.4, -0.2) is 38.8 Å². The van der Waals surface area contributed by atoms with E-state index in [0.717, 1.165) is 0 Å². The lowest BCUT2D eigenvalue weighted by Crippen LogP contribution is -2.32. The monoisotopic (exact) mass is 383 g/mol. The van der Waals surface area contributed by atoms with Gasteiger partial charge in [-0.15, -0.1) is 0 Å². The molecular weight excluding hydrogens is 365 g/mol. The third-order valence-corrected chi connectivity index (χ3v) is 3.78. The van der Waals surface area contributed by atoms with Gasteiger partial charge in [0.2, 0.25) is 5.88 Å². The zero-order chi connectivity index (χ0) is 19.9. The van der Waals surface area contributed by atoms with Gasteiger partial charge in [-0.1, -0.05) is 0 Å². The number of aromatic nitrogens is 4. The average molecular weight is 383 g/mol. The molecule has 1 N–H and O–H groups in total. The number of ether oxygens (including phenoxy) is 1. The zero-order valence-corrected chi connectivity index (χ0v) is 15.1. The number of carbonyl (C=O) groups excluding carboxylic acids is 1. The molecular formula is C19H18FN5O3. The number of nitrogens with one attached hydrogen (secondary N) is 1. The fraction of sp³-hybridized carbons (Fsp3) is 0.211. The number of hydrogen-bond donors (Lipinski definition) is 1. The summed E-state index contributed by atoms with van der Waals surface area (Å²) in [6, 6.07) is 10.2. The van der Waals surface area contributed by atoms with E-state index in [4.69, 9.17) is 4.74 Å². The van der Waals surface area contributed by atoms with Gasteiger partial charge in [-0.05, 0) is 37.3 Å². The highest BCUT2D eigenvalue weighted by Gasteiger charge is 2.10. The van der Waals surface area contributed by atoms with Crippen molar-refractivity contribution in [3.05, 3.63) is 70.7 Å². The second kappa shape index (κ2) is 8.85. The summed E-state index contributed by atoms with van der Waals surface area (Å²) in [5.41, 5.74) is 1.08. The van der Waals surface area contributed by atoms with Crippen molar-refractivity contribution >= 4 is 5.91 Å². The van der Waals surface area contributed by atoms with Crippen LogP contribution in [0.5, 0.6) is 5.88 Å². The maximum atomic E-state index is 13.1. The molecule has 2 heterocycles. The molecule has 2 aromatic heterocycles. The number of nitrogens with zero attached hydrogens (tertiary/aromatic N) is 4. The Morgan fingerprint density at radius 2 is 1.96 bits per heavy atom. The topological polar surface area (TPSA) is 99.0 Å². The van der Waals surface area contributed by atoms with Crippen molar-refractivity contribution in [2.75, 3.05) is 13.2 Å². The van der Waals surface area contributed by atoms with Gasteiger partial charge in [-0.2, -0.15) is 5.10 Å². The van der Waals surface area contributed by atoms with E-state index < -0.39 is 5.91 Å². The maximum Gasteiger partial charge on any atom is 0.270 e. The molecule has 8 nitrogen and oxygen atoms in total. The Hall–Kier alpha value is -3.62. The third kappa shape index (κ3) is 4.76. The van der Waals surface area contributed by atoms with E-state index >= 15 is 0 Å². The molecule has 0 spiro atoms. The van der Waals surface area contributed by atoms with Gasteiger partial charge >= 0.3 is 0 Å². The van der Waals surface area contributed by atoms with Gasteiger partial charge in [0, 0.05) is 24.2 Å². The molecule has 9 heteroatoms. The van der Waals surface area contributed by atoms with Crippen LogP contribution < -0.4 is 15.6 Å². The summed E-state index contributed by atoms with van der Waals surface area (Å²) in [5.74, 6) is -0.448. The molecule has 0 saturated heterocycles. The van der Waals surface area contributed by atoms with Crippen LogP contribution >= 0.6 is 0 Å². The highest BCUT2D eigenvalue weighted by atomic mass is 19.1. The van der Waals surface area contributed by atoms with Crippen molar-refractivity contribution in [1.29, 1.82) is 0 Å². The first kappa shape index (κ1) is 19.2. The minimum Gasteiger partial charge on any atom is -0.478 e. The number of carbonyl (C=O) groups is 1. The summed E-state index contributed by atoms with van der Waals surface area (Å²) < 4.78 is 19.5. The van der Waals surface area contributed by atoms with Gasteiger partial charge in [0.05, 0.1) is 18.8 Å². The Balaban J connectivity index is 1.65. The summed E-state index contributed by atoms with van der Waals surface area (Å²) in [5, 5.41) is 6.94. The summed E-state index contributed by atoms with van der Waals surface area (Å²) in [4.78, 5) is 32.0. The predicted octanol–water partition coefficient (Wildman–Crippen LogP) is 1.67. The minimum absolute atomic E-state index is 0.166. The lowest BCUT2D eigenvalue weighted by atomic mass is 10.1. The van der Waals surface area contributed by atoms with E-state index in [1.54, 1.807) is 18.2 Å². The lowest BCUT2D eigenvalue weighted by molar-refractivity contribution is 0.0946. The second-order valence-corrected chi connectivity index (χ2v) is 5.72. The SMILES string of the molecule is CCOc1cc(C(=O)NCCn2nc(-c3ccc(F)cc3)ccc2=O)ncn1. The first-order valence-electron chi connectivity index (χ1n) is 8.64. The third-order valence-electron chi connectivity index (χ3n) is 3.78. The molecule has 1 amide bonds. The fourth-order valence-electron chi connectivity index (χ4n) is 2.44. The number of hydrogen-bond acceptors (Lipinski definition) is 6. The highest BCUT2D eigenvalue weighted by molar-refractivity contribution is 5.92.